The molecule has 1 N–H and O–H groups in total. The Morgan fingerprint density at radius 3 is 2.41 bits per heavy atom. The number of nitro benzene ring substituents is 1. The van der Waals surface area contributed by atoms with Gasteiger partial charge in [0.05, 0.1) is 17.7 Å². The fourth-order valence-electron chi connectivity index (χ4n) is 2.12. The molecule has 2 aromatic carbocycles. The number of esters is 1. The predicted molar refractivity (Wildman–Crippen MR) is 99.6 cm³/mol. The average molecular weight is 413 g/mol. The largest absolute Gasteiger partial charge is 0.495 e. The second-order valence-electron chi connectivity index (χ2n) is 5.30. The molecule has 1 amide bonds. The zero-order valence-corrected chi connectivity index (χ0v) is 15.7. The number of amides is 1. The van der Waals surface area contributed by atoms with Gasteiger partial charge in [0.2, 0.25) is 0 Å². The van der Waals surface area contributed by atoms with E-state index in [-0.39, 0.29) is 16.3 Å². The minimum Gasteiger partial charge on any atom is -0.495 e. The van der Waals surface area contributed by atoms with Gasteiger partial charge in [0.25, 0.3) is 11.6 Å². The molecule has 0 fully saturated rings. The van der Waals surface area contributed by atoms with Gasteiger partial charge >= 0.3 is 5.97 Å². The summed E-state index contributed by atoms with van der Waals surface area (Å²) in [4.78, 5) is 34.9. The smallest absolute Gasteiger partial charge is 0.345 e. The Morgan fingerprint density at radius 2 is 1.78 bits per heavy atom. The van der Waals surface area contributed by atoms with E-state index in [0.717, 1.165) is 12.1 Å². The Balaban J connectivity index is 2.15. The molecular formula is C17H14Cl2N2O6. The third kappa shape index (κ3) is 5.08. The van der Waals surface area contributed by atoms with Gasteiger partial charge in [0, 0.05) is 16.1 Å². The summed E-state index contributed by atoms with van der Waals surface area (Å²) in [5, 5.41) is 14.1. The molecule has 27 heavy (non-hydrogen) atoms. The second-order valence-corrected chi connectivity index (χ2v) is 6.17. The standard InChI is InChI=1S/C17H14Cl2N2O6/c1-9(16(22)20-13-8-11(19)4-6-15(13)26-2)27-17(23)12-7-10(18)3-5-14(12)21(24)25/h3-9H,1-2H3,(H,20,22)/t9-/m1/s1. The molecule has 0 spiro atoms. The fraction of sp³-hybridized carbons (Fsp3) is 0.176. The lowest BCUT2D eigenvalue weighted by Gasteiger charge is -2.15. The third-order valence-electron chi connectivity index (χ3n) is 3.45. The van der Waals surface area contributed by atoms with Crippen LogP contribution in [0, 0.1) is 10.1 Å². The number of hydrogen-bond acceptors (Lipinski definition) is 6. The van der Waals surface area contributed by atoms with E-state index in [1.54, 1.807) is 12.1 Å². The Kier molecular flexibility index (Phi) is 6.59. The molecule has 0 heterocycles. The number of hydrogen-bond donors (Lipinski definition) is 1. The molecule has 1 atom stereocenters. The van der Waals surface area contributed by atoms with Crippen LogP contribution in [0.4, 0.5) is 11.4 Å². The summed E-state index contributed by atoms with van der Waals surface area (Å²) < 4.78 is 10.1. The number of nitrogens with zero attached hydrogens (tertiary/aromatic N) is 1. The van der Waals surface area contributed by atoms with Crippen molar-refractivity contribution in [3.63, 3.8) is 0 Å². The Hall–Kier alpha value is -2.84. The van der Waals surface area contributed by atoms with E-state index in [1.165, 1.54) is 26.2 Å². The summed E-state index contributed by atoms with van der Waals surface area (Å²) in [5.74, 6) is -1.37. The van der Waals surface area contributed by atoms with E-state index in [9.17, 15) is 19.7 Å². The SMILES string of the molecule is COc1ccc(Cl)cc1NC(=O)[C@@H](C)OC(=O)c1cc(Cl)ccc1[N+](=O)[O-]. The highest BCUT2D eigenvalue weighted by Crippen LogP contribution is 2.28. The number of rotatable bonds is 6. The normalized spacial score (nSPS) is 11.4. The van der Waals surface area contributed by atoms with Crippen LogP contribution in [0.2, 0.25) is 10.0 Å². The zero-order valence-electron chi connectivity index (χ0n) is 14.2. The fourth-order valence-corrected chi connectivity index (χ4v) is 2.46. The van der Waals surface area contributed by atoms with Crippen molar-refractivity contribution >= 4 is 46.5 Å². The molecule has 0 aromatic heterocycles. The van der Waals surface area contributed by atoms with Crippen molar-refractivity contribution in [1.29, 1.82) is 0 Å². The lowest BCUT2D eigenvalue weighted by atomic mass is 10.2. The van der Waals surface area contributed by atoms with Gasteiger partial charge in [-0.25, -0.2) is 4.79 Å². The van der Waals surface area contributed by atoms with Crippen molar-refractivity contribution in [2.45, 2.75) is 13.0 Å². The number of halogens is 2. The lowest BCUT2D eigenvalue weighted by molar-refractivity contribution is -0.385. The van der Waals surface area contributed by atoms with Gasteiger partial charge < -0.3 is 14.8 Å². The zero-order chi connectivity index (χ0) is 20.1. The van der Waals surface area contributed by atoms with Gasteiger partial charge in [-0.15, -0.1) is 0 Å². The first kappa shape index (κ1) is 20.5. The van der Waals surface area contributed by atoms with Gasteiger partial charge in [-0.1, -0.05) is 23.2 Å². The third-order valence-corrected chi connectivity index (χ3v) is 3.92. The van der Waals surface area contributed by atoms with Crippen LogP contribution in [-0.4, -0.2) is 30.0 Å². The summed E-state index contributed by atoms with van der Waals surface area (Å²) in [6, 6.07) is 8.07. The van der Waals surface area contributed by atoms with E-state index < -0.39 is 28.6 Å². The molecule has 142 valence electrons. The van der Waals surface area contributed by atoms with Gasteiger partial charge in [0.15, 0.2) is 6.10 Å². The molecule has 0 bridgehead atoms. The van der Waals surface area contributed by atoms with E-state index >= 15 is 0 Å². The monoisotopic (exact) mass is 412 g/mol. The van der Waals surface area contributed by atoms with Crippen LogP contribution < -0.4 is 10.1 Å². The van der Waals surface area contributed by atoms with E-state index in [1.807, 2.05) is 0 Å². The maximum atomic E-state index is 12.3. The molecule has 0 saturated heterocycles. The Labute approximate surface area is 164 Å². The van der Waals surface area contributed by atoms with Crippen LogP contribution in [0.15, 0.2) is 36.4 Å². The van der Waals surface area contributed by atoms with Crippen LogP contribution in [0.5, 0.6) is 5.75 Å². The Morgan fingerprint density at radius 1 is 1.15 bits per heavy atom. The highest BCUT2D eigenvalue weighted by atomic mass is 35.5. The Bertz CT molecular complexity index is 903. The highest BCUT2D eigenvalue weighted by molar-refractivity contribution is 6.31. The highest BCUT2D eigenvalue weighted by Gasteiger charge is 2.26. The maximum absolute atomic E-state index is 12.3. The number of benzene rings is 2. The number of methoxy groups -OCH3 is 1. The number of anilines is 1. The molecule has 0 unspecified atom stereocenters. The van der Waals surface area contributed by atoms with Crippen LogP contribution >= 0.6 is 23.2 Å². The number of carbonyl (C=O) groups is 2. The molecule has 0 aliphatic carbocycles. The minimum absolute atomic E-state index is 0.119. The summed E-state index contributed by atoms with van der Waals surface area (Å²) in [6.07, 6.45) is -1.25. The van der Waals surface area contributed by atoms with Gasteiger partial charge in [-0.2, -0.15) is 0 Å². The van der Waals surface area contributed by atoms with Crippen molar-refractivity contribution in [3.8, 4) is 5.75 Å². The quantitative estimate of drug-likeness (QED) is 0.434. The first-order valence-corrected chi connectivity index (χ1v) is 8.28. The van der Waals surface area contributed by atoms with Crippen molar-refractivity contribution in [2.24, 2.45) is 0 Å². The number of carbonyl (C=O) groups excluding carboxylic acids is 2. The topological polar surface area (TPSA) is 108 Å². The maximum Gasteiger partial charge on any atom is 0.345 e. The van der Waals surface area contributed by atoms with E-state index in [0.29, 0.717) is 10.8 Å². The number of nitrogens with one attached hydrogen (secondary N) is 1. The first-order valence-electron chi connectivity index (χ1n) is 7.52. The van der Waals surface area contributed by atoms with Crippen molar-refractivity contribution in [3.05, 3.63) is 62.1 Å². The summed E-state index contributed by atoms with van der Waals surface area (Å²) in [6.45, 7) is 1.32. The summed E-state index contributed by atoms with van der Waals surface area (Å²) >= 11 is 11.7. The predicted octanol–water partition coefficient (Wildman–Crippen LogP) is 4.09. The van der Waals surface area contributed by atoms with Crippen molar-refractivity contribution in [1.82, 2.24) is 0 Å². The van der Waals surface area contributed by atoms with Crippen LogP contribution in [0.1, 0.15) is 17.3 Å². The molecule has 0 aliphatic heterocycles. The minimum atomic E-state index is -1.25. The first-order chi connectivity index (χ1) is 12.7. The molecule has 8 nitrogen and oxygen atoms in total. The van der Waals surface area contributed by atoms with Crippen molar-refractivity contribution < 1.29 is 24.0 Å². The van der Waals surface area contributed by atoms with Crippen LogP contribution in [0.25, 0.3) is 0 Å². The van der Waals surface area contributed by atoms with Gasteiger partial charge in [0.1, 0.15) is 11.3 Å². The molecular weight excluding hydrogens is 399 g/mol. The second kappa shape index (κ2) is 8.70. The average Bonchev–Trinajstić information content (AvgIpc) is 2.61. The number of nitro groups is 1. The molecule has 0 radical (unpaired) electrons. The molecule has 0 saturated carbocycles. The van der Waals surface area contributed by atoms with Gasteiger partial charge in [-0.3, -0.25) is 14.9 Å². The van der Waals surface area contributed by atoms with Gasteiger partial charge in [-0.05, 0) is 37.3 Å². The lowest BCUT2D eigenvalue weighted by Crippen LogP contribution is -2.30. The molecule has 0 aliphatic rings. The summed E-state index contributed by atoms with van der Waals surface area (Å²) in [5.41, 5.74) is -0.548. The van der Waals surface area contributed by atoms with E-state index in [2.05, 4.69) is 5.32 Å². The molecule has 2 rings (SSSR count). The van der Waals surface area contributed by atoms with Crippen LogP contribution in [-0.2, 0) is 9.53 Å². The molecule has 10 heteroatoms. The summed E-state index contributed by atoms with van der Waals surface area (Å²) in [7, 11) is 1.42. The van der Waals surface area contributed by atoms with E-state index in [4.69, 9.17) is 32.7 Å². The number of ether oxygens (including phenoxy) is 2. The molecule has 2 aromatic rings. The van der Waals surface area contributed by atoms with Crippen molar-refractivity contribution in [2.75, 3.05) is 12.4 Å². The van der Waals surface area contributed by atoms with Crippen LogP contribution in [0.3, 0.4) is 0 Å².